The number of carbonyl (C=O) groups excluding carboxylic acids is 4. The van der Waals surface area contributed by atoms with E-state index in [1.807, 2.05) is 44.2 Å². The van der Waals surface area contributed by atoms with Crippen LogP contribution in [0.15, 0.2) is 48.7 Å². The van der Waals surface area contributed by atoms with Gasteiger partial charge < -0.3 is 21.3 Å². The lowest BCUT2D eigenvalue weighted by molar-refractivity contribution is -0.145. The monoisotopic (exact) mass is 527 g/mol. The Labute approximate surface area is 223 Å². The fourth-order valence-electron chi connectivity index (χ4n) is 3.62. The van der Waals surface area contributed by atoms with Gasteiger partial charge in [0.25, 0.3) is 0 Å². The number of carbonyl (C=O) groups is 4. The molecule has 0 heterocycles. The molecule has 2 rings (SSSR count). The van der Waals surface area contributed by atoms with Crippen molar-refractivity contribution in [3.63, 3.8) is 0 Å². The van der Waals surface area contributed by atoms with E-state index in [4.69, 9.17) is 0 Å². The maximum Gasteiger partial charge on any atom is 0.248 e. The Morgan fingerprint density at radius 1 is 0.946 bits per heavy atom. The standard InChI is InChI=1S/C27H37N5O4S/c1-5-28-10-11-32(26(35)16-31-24(33)15-29-19(3)14-30-25(34)17-37)27(36)20(4)21-8-9-22-12-18(2)6-7-23(22)13-21/h6-9,12-13,20,28-29,37H,3,5,10-11,14-17H2,1-2,4H3,(H,30,34)(H,31,33)/t20-/m0/s1. The van der Waals surface area contributed by atoms with Gasteiger partial charge in [0.1, 0.15) is 0 Å². The predicted molar refractivity (Wildman–Crippen MR) is 149 cm³/mol. The lowest BCUT2D eigenvalue weighted by Gasteiger charge is -2.25. The highest BCUT2D eigenvalue weighted by Crippen LogP contribution is 2.24. The zero-order valence-corrected chi connectivity index (χ0v) is 22.6. The van der Waals surface area contributed by atoms with Gasteiger partial charge in [-0.1, -0.05) is 55.5 Å². The molecule has 2 aromatic rings. The number of benzene rings is 2. The lowest BCUT2D eigenvalue weighted by atomic mass is 9.96. The van der Waals surface area contributed by atoms with E-state index in [9.17, 15) is 19.2 Å². The normalized spacial score (nSPS) is 11.5. The molecule has 200 valence electrons. The first-order chi connectivity index (χ1) is 17.7. The Bertz CT molecular complexity index is 1140. The molecule has 0 radical (unpaired) electrons. The summed E-state index contributed by atoms with van der Waals surface area (Å²) in [6.45, 7) is 10.6. The number of amides is 4. The highest BCUT2D eigenvalue weighted by atomic mass is 32.1. The molecule has 4 N–H and O–H groups in total. The van der Waals surface area contributed by atoms with Gasteiger partial charge in [0.15, 0.2) is 0 Å². The summed E-state index contributed by atoms with van der Waals surface area (Å²) in [6.07, 6.45) is 0. The number of imide groups is 1. The number of nitrogens with one attached hydrogen (secondary N) is 4. The van der Waals surface area contributed by atoms with Crippen LogP contribution in [0.25, 0.3) is 10.8 Å². The Hall–Kier alpha value is -3.37. The average Bonchev–Trinajstić information content (AvgIpc) is 2.90. The minimum Gasteiger partial charge on any atom is -0.379 e. The topological polar surface area (TPSA) is 120 Å². The number of aryl methyl sites for hydroxylation is 1. The van der Waals surface area contributed by atoms with E-state index < -0.39 is 17.7 Å². The number of thiol groups is 1. The minimum absolute atomic E-state index is 0.0536. The summed E-state index contributed by atoms with van der Waals surface area (Å²) >= 11 is 3.87. The first-order valence-corrected chi connectivity index (χ1v) is 12.9. The molecule has 0 spiro atoms. The average molecular weight is 528 g/mol. The first kappa shape index (κ1) is 29.9. The van der Waals surface area contributed by atoms with Crippen molar-refractivity contribution in [1.29, 1.82) is 0 Å². The van der Waals surface area contributed by atoms with Crippen LogP contribution in [0, 0.1) is 6.92 Å². The molecule has 0 unspecified atom stereocenters. The van der Waals surface area contributed by atoms with Gasteiger partial charge >= 0.3 is 0 Å². The first-order valence-electron chi connectivity index (χ1n) is 12.3. The van der Waals surface area contributed by atoms with Gasteiger partial charge in [0.05, 0.1) is 31.3 Å². The Morgan fingerprint density at radius 3 is 2.32 bits per heavy atom. The van der Waals surface area contributed by atoms with Crippen molar-refractivity contribution in [2.45, 2.75) is 26.7 Å². The highest BCUT2D eigenvalue weighted by Gasteiger charge is 2.27. The van der Waals surface area contributed by atoms with Crippen LogP contribution in [0.5, 0.6) is 0 Å². The molecule has 0 aliphatic rings. The summed E-state index contributed by atoms with van der Waals surface area (Å²) < 4.78 is 0. The molecule has 0 saturated heterocycles. The Morgan fingerprint density at radius 2 is 1.62 bits per heavy atom. The van der Waals surface area contributed by atoms with Gasteiger partial charge in [-0.3, -0.25) is 24.1 Å². The molecule has 2 aromatic carbocycles. The fourth-order valence-corrected chi connectivity index (χ4v) is 3.73. The quantitative estimate of drug-likeness (QED) is 0.188. The van der Waals surface area contributed by atoms with E-state index >= 15 is 0 Å². The smallest absolute Gasteiger partial charge is 0.248 e. The van der Waals surface area contributed by atoms with Crippen LogP contribution >= 0.6 is 12.6 Å². The molecule has 0 aliphatic heterocycles. The van der Waals surface area contributed by atoms with Gasteiger partial charge in [-0.15, -0.1) is 0 Å². The third-order valence-corrected chi connectivity index (χ3v) is 6.08. The van der Waals surface area contributed by atoms with Gasteiger partial charge in [0, 0.05) is 18.8 Å². The second-order valence-electron chi connectivity index (χ2n) is 8.74. The van der Waals surface area contributed by atoms with Gasteiger partial charge in [-0.05, 0) is 36.7 Å². The molecule has 1 atom stereocenters. The Balaban J connectivity index is 1.99. The van der Waals surface area contributed by atoms with Gasteiger partial charge in [-0.2, -0.15) is 12.6 Å². The fraction of sp³-hybridized carbons (Fsp3) is 0.407. The van der Waals surface area contributed by atoms with Gasteiger partial charge in [0.2, 0.25) is 23.6 Å². The largest absolute Gasteiger partial charge is 0.379 e. The van der Waals surface area contributed by atoms with Crippen LogP contribution in [0.1, 0.15) is 30.9 Å². The second-order valence-corrected chi connectivity index (χ2v) is 9.05. The van der Waals surface area contributed by atoms with Crippen LogP contribution in [-0.2, 0) is 19.2 Å². The Kier molecular flexibility index (Phi) is 12.1. The molecule has 4 amide bonds. The minimum atomic E-state index is -0.538. The number of nitrogens with zero attached hydrogens (tertiary/aromatic N) is 1. The van der Waals surface area contributed by atoms with Crippen LogP contribution < -0.4 is 21.3 Å². The van der Waals surface area contributed by atoms with E-state index in [0.717, 1.165) is 21.9 Å². The van der Waals surface area contributed by atoms with Crippen LogP contribution in [-0.4, -0.2) is 73.6 Å². The van der Waals surface area contributed by atoms with Crippen molar-refractivity contribution in [2.75, 3.05) is 45.0 Å². The number of fused-ring (bicyclic) bond motifs is 1. The lowest BCUT2D eigenvalue weighted by Crippen LogP contribution is -2.48. The molecule has 0 aromatic heterocycles. The number of hydrogen-bond donors (Lipinski definition) is 5. The van der Waals surface area contributed by atoms with Crippen molar-refractivity contribution in [3.8, 4) is 0 Å². The summed E-state index contributed by atoms with van der Waals surface area (Å²) in [5.74, 6) is -1.99. The molecule has 0 saturated carbocycles. The molecular formula is C27H37N5O4S. The van der Waals surface area contributed by atoms with E-state index in [2.05, 4.69) is 46.5 Å². The number of rotatable bonds is 14. The molecule has 9 nitrogen and oxygen atoms in total. The molecular weight excluding hydrogens is 490 g/mol. The second kappa shape index (κ2) is 15.0. The van der Waals surface area contributed by atoms with Crippen LogP contribution in [0.3, 0.4) is 0 Å². The maximum atomic E-state index is 13.4. The summed E-state index contributed by atoms with van der Waals surface area (Å²) in [5, 5.41) is 13.2. The van der Waals surface area contributed by atoms with Crippen molar-refractivity contribution >= 4 is 47.0 Å². The number of likely N-dealkylation sites (N-methyl/N-ethyl adjacent to an activating group) is 1. The number of hydrogen-bond acceptors (Lipinski definition) is 7. The summed E-state index contributed by atoms with van der Waals surface area (Å²) in [6, 6.07) is 12.0. The van der Waals surface area contributed by atoms with E-state index in [-0.39, 0.29) is 43.7 Å². The molecule has 0 bridgehead atoms. The van der Waals surface area contributed by atoms with Crippen LogP contribution in [0.4, 0.5) is 0 Å². The predicted octanol–water partition coefficient (Wildman–Crippen LogP) is 1.48. The van der Waals surface area contributed by atoms with Crippen molar-refractivity contribution in [2.24, 2.45) is 0 Å². The summed E-state index contributed by atoms with van der Waals surface area (Å²) in [7, 11) is 0. The van der Waals surface area contributed by atoms with Crippen LogP contribution in [0.2, 0.25) is 0 Å². The maximum absolute atomic E-state index is 13.4. The molecule has 0 fully saturated rings. The van der Waals surface area contributed by atoms with Gasteiger partial charge in [-0.25, -0.2) is 0 Å². The zero-order chi connectivity index (χ0) is 27.4. The van der Waals surface area contributed by atoms with Crippen molar-refractivity contribution < 1.29 is 19.2 Å². The zero-order valence-electron chi connectivity index (χ0n) is 21.7. The van der Waals surface area contributed by atoms with Crippen molar-refractivity contribution in [3.05, 3.63) is 59.8 Å². The van der Waals surface area contributed by atoms with E-state index in [1.54, 1.807) is 6.92 Å². The molecule has 0 aliphatic carbocycles. The third-order valence-electron chi connectivity index (χ3n) is 5.80. The molecule has 10 heteroatoms. The summed E-state index contributed by atoms with van der Waals surface area (Å²) in [5.41, 5.74) is 2.42. The highest BCUT2D eigenvalue weighted by molar-refractivity contribution is 7.81. The SMILES string of the molecule is C=C(CNC(=O)CS)NCC(=O)NCC(=O)N(CCNCC)C(=O)[C@@H](C)c1ccc2cc(C)ccc2c1. The third kappa shape index (κ3) is 9.55. The van der Waals surface area contributed by atoms with Crippen molar-refractivity contribution in [1.82, 2.24) is 26.2 Å². The van der Waals surface area contributed by atoms with E-state index in [1.165, 1.54) is 4.90 Å². The van der Waals surface area contributed by atoms with E-state index in [0.29, 0.717) is 18.8 Å². The summed E-state index contributed by atoms with van der Waals surface area (Å²) in [4.78, 5) is 51.0. The molecule has 37 heavy (non-hydrogen) atoms.